The third kappa shape index (κ3) is 8.34. The van der Waals surface area contributed by atoms with Crippen LogP contribution in [0.25, 0.3) is 33.3 Å². The smallest absolute Gasteiger partial charge is 0.312 e. The molecule has 9 atom stereocenters. The van der Waals surface area contributed by atoms with Gasteiger partial charge in [0.2, 0.25) is 5.43 Å². The Balaban J connectivity index is 1.42. The number of fused-ring (bicyclic) bond motifs is 14. The molecule has 5 bridgehead atoms. The van der Waals surface area contributed by atoms with Crippen molar-refractivity contribution in [1.82, 2.24) is 9.88 Å². The molecular formula is C49H62N4O11. The maximum atomic E-state index is 14.8. The van der Waals surface area contributed by atoms with E-state index >= 15 is 0 Å². The van der Waals surface area contributed by atoms with Crippen molar-refractivity contribution < 1.29 is 49.0 Å². The number of ether oxygens (including phenoxy) is 2. The van der Waals surface area contributed by atoms with Crippen LogP contribution in [-0.2, 0) is 9.53 Å². The molecule has 0 aromatic heterocycles. The highest BCUT2D eigenvalue weighted by molar-refractivity contribution is 6.22. The van der Waals surface area contributed by atoms with Gasteiger partial charge in [-0.3, -0.25) is 19.3 Å². The SMILES string of the molecule is C/C1=C/C=C/[C@H](C)[C@H](O)[C@@H](C)[C@@H](O)[C@@H](C)[C@H](O)[C@H](C)[C@@H](C)/C=C/O[C@@]2(C)Oc3c(C)c(O)c4c(=O)c(c5oc6cc(N7CCN(CC(C)C)CC7)cc(O)c6nc-5c4c3C2=O)NC1=O. The summed E-state index contributed by atoms with van der Waals surface area (Å²) in [4.78, 5) is 52.8. The van der Waals surface area contributed by atoms with Crippen molar-refractivity contribution in [2.45, 2.75) is 93.3 Å². The second-order valence-corrected chi connectivity index (χ2v) is 18.8. The molecule has 6 N–H and O–H groups in total. The molecular weight excluding hydrogens is 821 g/mol. The quantitative estimate of drug-likeness (QED) is 0.0960. The third-order valence-corrected chi connectivity index (χ3v) is 13.7. The van der Waals surface area contributed by atoms with Crippen LogP contribution in [0, 0.1) is 42.4 Å². The van der Waals surface area contributed by atoms with E-state index in [9.17, 15) is 39.9 Å². The molecule has 1 amide bonds. The molecule has 0 radical (unpaired) electrons. The van der Waals surface area contributed by atoms with E-state index in [-0.39, 0.29) is 73.1 Å². The molecule has 15 nitrogen and oxygen atoms in total. The molecule has 1 saturated heterocycles. The van der Waals surface area contributed by atoms with Crippen molar-refractivity contribution in [3.05, 3.63) is 69.6 Å². The van der Waals surface area contributed by atoms with Gasteiger partial charge in [-0.25, -0.2) is 4.98 Å². The zero-order chi connectivity index (χ0) is 46.7. The number of rotatable bonds is 3. The highest BCUT2D eigenvalue weighted by atomic mass is 16.7. The number of anilines is 2. The molecule has 1 aliphatic carbocycles. The van der Waals surface area contributed by atoms with E-state index in [1.54, 1.807) is 51.1 Å². The summed E-state index contributed by atoms with van der Waals surface area (Å²) in [5, 5.41) is 59.6. The number of aromatic nitrogens is 1. The topological polar surface area (TPSA) is 215 Å². The monoisotopic (exact) mass is 882 g/mol. The number of phenolic OH excluding ortho intramolecular Hbond substituents is 2. The standard InChI is InChI=1S/C49H62N4O11/c1-23(2)22-52-15-17-53(18-16-52)31-20-32(54)37-33(21-31)63-46-38(50-37)34-35-43(58)30(9)45-36(34)47(60)49(10,64-45)62-19-14-24(3)27(6)41(56)29(8)42(57)28(7)40(55)25(4)12-11-13-26(5)48(61)51-39(46)44(35)59/h11-14,19-21,23-25,27-29,40-42,54-58H,15-18,22H2,1-10H3,(H,51,61)/b12-11+,19-14+,26-13-/t24-,25-,27+,28+,29-,40-,41+,42+,49-/m0/s1. The summed E-state index contributed by atoms with van der Waals surface area (Å²) in [6, 6.07) is 3.31. The summed E-state index contributed by atoms with van der Waals surface area (Å²) < 4.78 is 18.8. The van der Waals surface area contributed by atoms with Crippen molar-refractivity contribution in [2.24, 2.45) is 35.5 Å². The summed E-state index contributed by atoms with van der Waals surface area (Å²) >= 11 is 0. The Morgan fingerprint density at radius 1 is 0.875 bits per heavy atom. The van der Waals surface area contributed by atoms with Crippen LogP contribution in [-0.4, -0.2) is 104 Å². The van der Waals surface area contributed by atoms with Gasteiger partial charge in [-0.05, 0) is 37.7 Å². The van der Waals surface area contributed by atoms with Gasteiger partial charge in [0.1, 0.15) is 34.1 Å². The number of nitrogens with one attached hydrogen (secondary N) is 1. The van der Waals surface area contributed by atoms with Crippen molar-refractivity contribution in [3.8, 4) is 28.7 Å². The number of carbonyl (C=O) groups is 2. The lowest BCUT2D eigenvalue weighted by Gasteiger charge is -2.36. The number of nitrogens with zero attached hydrogens (tertiary/aromatic N) is 3. The molecule has 0 unspecified atom stereocenters. The van der Waals surface area contributed by atoms with Crippen LogP contribution in [0.3, 0.4) is 0 Å². The normalized spacial score (nSPS) is 30.7. The number of allylic oxidation sites excluding steroid dienone is 3. The zero-order valence-corrected chi connectivity index (χ0v) is 38.3. The van der Waals surface area contributed by atoms with Gasteiger partial charge in [0.15, 0.2) is 11.3 Å². The third-order valence-electron chi connectivity index (χ3n) is 13.7. The van der Waals surface area contributed by atoms with E-state index in [2.05, 4.69) is 29.0 Å². The Hall–Kier alpha value is -5.48. The van der Waals surface area contributed by atoms with Crippen molar-refractivity contribution in [2.75, 3.05) is 42.9 Å². The van der Waals surface area contributed by atoms with E-state index in [0.29, 0.717) is 24.7 Å². The van der Waals surface area contributed by atoms with Gasteiger partial charge in [-0.1, -0.05) is 66.7 Å². The minimum Gasteiger partial charge on any atom is -0.507 e. The van der Waals surface area contributed by atoms with E-state index in [1.165, 1.54) is 33.1 Å². The van der Waals surface area contributed by atoms with E-state index in [0.717, 1.165) is 19.6 Å². The van der Waals surface area contributed by atoms with Crippen molar-refractivity contribution >= 4 is 44.9 Å². The predicted molar refractivity (Wildman–Crippen MR) is 245 cm³/mol. The van der Waals surface area contributed by atoms with Crippen molar-refractivity contribution in [1.29, 1.82) is 0 Å². The molecule has 344 valence electrons. The number of Topliss-reactive ketones (excluding diaryl/α,β-unsaturated/α-hetero) is 1. The Bertz CT molecular complexity index is 2590. The molecule has 8 rings (SSSR count). The van der Waals surface area contributed by atoms with Gasteiger partial charge >= 0.3 is 5.79 Å². The molecule has 64 heavy (non-hydrogen) atoms. The Labute approximate surface area is 373 Å². The number of amides is 1. The van der Waals surface area contributed by atoms with E-state index < -0.39 is 70.6 Å². The van der Waals surface area contributed by atoms with Crippen LogP contribution in [0.15, 0.2) is 57.5 Å². The van der Waals surface area contributed by atoms with Crippen molar-refractivity contribution in [3.63, 3.8) is 0 Å². The molecule has 2 aromatic rings. The minimum atomic E-state index is -1.99. The van der Waals surface area contributed by atoms with Crippen LogP contribution in [0.2, 0.25) is 0 Å². The van der Waals surface area contributed by atoms with E-state index in [4.69, 9.17) is 18.9 Å². The minimum absolute atomic E-state index is 0.0150. The first-order valence-electron chi connectivity index (χ1n) is 22.2. The number of benzene rings is 3. The van der Waals surface area contributed by atoms with Crippen LogP contribution < -0.4 is 20.4 Å². The maximum Gasteiger partial charge on any atom is 0.312 e. The number of aromatic hydroxyl groups is 2. The van der Waals surface area contributed by atoms with Gasteiger partial charge in [-0.15, -0.1) is 0 Å². The first-order chi connectivity index (χ1) is 30.1. The van der Waals surface area contributed by atoms with Crippen LogP contribution >= 0.6 is 0 Å². The molecule has 5 heterocycles. The molecule has 6 aliphatic rings. The van der Waals surface area contributed by atoms with Crippen LogP contribution in [0.4, 0.5) is 11.4 Å². The fourth-order valence-electron chi connectivity index (χ4n) is 9.24. The largest absolute Gasteiger partial charge is 0.507 e. The number of hydrogen-bond acceptors (Lipinski definition) is 14. The average Bonchev–Trinajstić information content (AvgIpc) is 3.52. The highest BCUT2D eigenvalue weighted by Crippen LogP contribution is 2.51. The summed E-state index contributed by atoms with van der Waals surface area (Å²) in [5.74, 6) is -6.34. The van der Waals surface area contributed by atoms with Gasteiger partial charge < -0.3 is 49.6 Å². The molecule has 1 fully saturated rings. The first kappa shape index (κ1) is 46.5. The van der Waals surface area contributed by atoms with E-state index in [1.807, 2.05) is 13.8 Å². The molecule has 0 spiro atoms. The predicted octanol–water partition coefficient (Wildman–Crippen LogP) is 6.48. The Morgan fingerprint density at radius 2 is 1.53 bits per heavy atom. The molecule has 0 saturated carbocycles. The van der Waals surface area contributed by atoms with Crippen LogP contribution in [0.1, 0.15) is 78.2 Å². The number of ketones is 1. The number of phenols is 2. The first-order valence-corrected chi connectivity index (χ1v) is 22.2. The highest BCUT2D eigenvalue weighted by Gasteiger charge is 2.50. The molecule has 15 heteroatoms. The second-order valence-electron chi connectivity index (χ2n) is 18.8. The van der Waals surface area contributed by atoms with Gasteiger partial charge in [-0.2, -0.15) is 0 Å². The fourth-order valence-corrected chi connectivity index (χ4v) is 9.24. The summed E-state index contributed by atoms with van der Waals surface area (Å²) in [6.45, 7) is 21.7. The zero-order valence-electron chi connectivity index (χ0n) is 38.3. The van der Waals surface area contributed by atoms with Gasteiger partial charge in [0, 0.05) is 91.7 Å². The molecule has 2 aromatic carbocycles. The number of carbonyl (C=O) groups excluding carboxylic acids is 2. The summed E-state index contributed by atoms with van der Waals surface area (Å²) in [6.07, 6.45) is 4.70. The number of aliphatic hydroxyl groups is 3. The molecule has 5 aliphatic heterocycles. The van der Waals surface area contributed by atoms with Crippen LogP contribution in [0.5, 0.6) is 17.2 Å². The lowest BCUT2D eigenvalue weighted by Crippen LogP contribution is -2.47. The van der Waals surface area contributed by atoms with Gasteiger partial charge in [0.25, 0.3) is 11.7 Å². The lowest BCUT2D eigenvalue weighted by atomic mass is 9.77. The summed E-state index contributed by atoms with van der Waals surface area (Å²) in [7, 11) is 0. The van der Waals surface area contributed by atoms with Gasteiger partial charge in [0.05, 0.1) is 35.5 Å². The maximum absolute atomic E-state index is 14.8. The Kier molecular flexibility index (Phi) is 13.0. The average molecular weight is 883 g/mol. The Morgan fingerprint density at radius 3 is 2.20 bits per heavy atom. The number of hydrogen-bond donors (Lipinski definition) is 6. The number of piperazine rings is 1. The second kappa shape index (κ2) is 17.8. The lowest BCUT2D eigenvalue weighted by molar-refractivity contribution is -0.112. The number of aliphatic hydroxyl groups excluding tert-OH is 3. The summed E-state index contributed by atoms with van der Waals surface area (Å²) in [5.41, 5.74) is -0.411. The fraction of sp³-hybridized carbons (Fsp3) is 0.510.